The van der Waals surface area contributed by atoms with Gasteiger partial charge in [-0.3, -0.25) is 0 Å². The summed E-state index contributed by atoms with van der Waals surface area (Å²) < 4.78 is 0. The van der Waals surface area contributed by atoms with Crippen molar-refractivity contribution in [3.05, 3.63) is 34.9 Å². The van der Waals surface area contributed by atoms with Crippen molar-refractivity contribution in [3.63, 3.8) is 0 Å². The highest BCUT2D eigenvalue weighted by Crippen LogP contribution is 2.46. The van der Waals surface area contributed by atoms with Crippen LogP contribution in [0.2, 0.25) is 5.02 Å². The summed E-state index contributed by atoms with van der Waals surface area (Å²) in [7, 11) is 0. The molecule has 1 aliphatic carbocycles. The summed E-state index contributed by atoms with van der Waals surface area (Å²) in [6, 6.07) is 8.49. The zero-order valence-corrected chi connectivity index (χ0v) is 9.33. The molecule has 0 aromatic heterocycles. The van der Waals surface area contributed by atoms with Gasteiger partial charge in [0.15, 0.2) is 0 Å². The highest BCUT2D eigenvalue weighted by atomic mass is 35.5. The van der Waals surface area contributed by atoms with E-state index in [0.29, 0.717) is 23.8 Å². The van der Waals surface area contributed by atoms with Crippen LogP contribution in [0.1, 0.15) is 25.3 Å². The molecule has 1 fully saturated rings. The van der Waals surface area contributed by atoms with Crippen LogP contribution >= 0.6 is 11.6 Å². The van der Waals surface area contributed by atoms with Crippen LogP contribution in [-0.2, 0) is 0 Å². The minimum absolute atomic E-state index is 0.346. The molecular weight excluding hydrogens is 194 g/mol. The minimum Gasteiger partial charge on any atom is -0.327 e. The van der Waals surface area contributed by atoms with E-state index in [2.05, 4.69) is 26.0 Å². The Labute approximate surface area is 90.3 Å². The first-order chi connectivity index (χ1) is 6.61. The van der Waals surface area contributed by atoms with Crippen LogP contribution in [0, 0.1) is 11.8 Å². The van der Waals surface area contributed by atoms with Gasteiger partial charge in [0.1, 0.15) is 0 Å². The second-order valence-corrected chi connectivity index (χ2v) is 4.81. The maximum Gasteiger partial charge on any atom is 0.0408 e. The van der Waals surface area contributed by atoms with Crippen molar-refractivity contribution in [2.24, 2.45) is 17.6 Å². The lowest BCUT2D eigenvalue weighted by Crippen LogP contribution is -2.52. The molecule has 2 atom stereocenters. The van der Waals surface area contributed by atoms with Gasteiger partial charge in [0.05, 0.1) is 0 Å². The number of halogens is 1. The fourth-order valence-electron chi connectivity index (χ4n) is 2.61. The van der Waals surface area contributed by atoms with Gasteiger partial charge in [-0.1, -0.05) is 37.6 Å². The molecule has 0 radical (unpaired) electrons. The Kier molecular flexibility index (Phi) is 2.54. The fourth-order valence-corrected chi connectivity index (χ4v) is 2.81. The van der Waals surface area contributed by atoms with Crippen LogP contribution in [0.25, 0.3) is 0 Å². The first-order valence-electron chi connectivity index (χ1n) is 5.12. The summed E-state index contributed by atoms with van der Waals surface area (Å²) in [5.74, 6) is 1.73. The lowest BCUT2D eigenvalue weighted by Gasteiger charge is -2.47. The predicted molar refractivity (Wildman–Crippen MR) is 60.5 cm³/mol. The van der Waals surface area contributed by atoms with Crippen molar-refractivity contribution in [1.82, 2.24) is 0 Å². The molecule has 1 saturated carbocycles. The zero-order valence-electron chi connectivity index (χ0n) is 8.57. The van der Waals surface area contributed by atoms with E-state index in [1.54, 1.807) is 0 Å². The summed E-state index contributed by atoms with van der Waals surface area (Å²) >= 11 is 5.97. The highest BCUT2D eigenvalue weighted by molar-refractivity contribution is 6.30. The van der Waals surface area contributed by atoms with Crippen LogP contribution in [0.4, 0.5) is 0 Å². The van der Waals surface area contributed by atoms with Crippen LogP contribution < -0.4 is 5.73 Å². The number of hydrogen-bond donors (Lipinski definition) is 1. The van der Waals surface area contributed by atoms with Gasteiger partial charge in [-0.2, -0.15) is 0 Å². The number of hydrogen-bond acceptors (Lipinski definition) is 1. The Morgan fingerprint density at radius 2 is 1.86 bits per heavy atom. The van der Waals surface area contributed by atoms with E-state index >= 15 is 0 Å². The van der Waals surface area contributed by atoms with Crippen molar-refractivity contribution in [2.45, 2.75) is 25.8 Å². The largest absolute Gasteiger partial charge is 0.327 e. The monoisotopic (exact) mass is 209 g/mol. The lowest BCUT2D eigenvalue weighted by atomic mass is 9.60. The quantitative estimate of drug-likeness (QED) is 0.756. The van der Waals surface area contributed by atoms with E-state index in [9.17, 15) is 0 Å². The van der Waals surface area contributed by atoms with Gasteiger partial charge in [-0.05, 0) is 35.4 Å². The smallest absolute Gasteiger partial charge is 0.0408 e. The van der Waals surface area contributed by atoms with E-state index in [-0.39, 0.29) is 0 Å². The minimum atomic E-state index is 0.346. The third kappa shape index (κ3) is 1.45. The van der Waals surface area contributed by atoms with Gasteiger partial charge in [-0.15, -0.1) is 0 Å². The summed E-state index contributed by atoms with van der Waals surface area (Å²) in [6.45, 7) is 4.44. The Balaban J connectivity index is 2.24. The van der Waals surface area contributed by atoms with Gasteiger partial charge < -0.3 is 5.73 Å². The summed E-state index contributed by atoms with van der Waals surface area (Å²) in [5, 5.41) is 0.822. The fraction of sp³-hybridized carbons (Fsp3) is 0.500. The summed E-state index contributed by atoms with van der Waals surface area (Å²) in [6.07, 6.45) is 0. The standard InChI is InChI=1S/C12H16ClN/c1-7-11(8(2)12(7)14)9-4-3-5-10(13)6-9/h3-8,11-12H,14H2,1-2H3. The van der Waals surface area contributed by atoms with Crippen LogP contribution in [0.5, 0.6) is 0 Å². The first kappa shape index (κ1) is 10.0. The molecule has 0 amide bonds. The molecule has 1 aromatic carbocycles. The highest BCUT2D eigenvalue weighted by Gasteiger charge is 2.43. The maximum absolute atomic E-state index is 6.00. The van der Waals surface area contributed by atoms with E-state index in [4.69, 9.17) is 17.3 Å². The molecule has 76 valence electrons. The van der Waals surface area contributed by atoms with Crippen molar-refractivity contribution in [3.8, 4) is 0 Å². The lowest BCUT2D eigenvalue weighted by molar-refractivity contribution is 0.130. The molecule has 2 unspecified atom stereocenters. The van der Waals surface area contributed by atoms with Crippen LogP contribution in [0.15, 0.2) is 24.3 Å². The van der Waals surface area contributed by atoms with Crippen LogP contribution in [-0.4, -0.2) is 6.04 Å². The van der Waals surface area contributed by atoms with E-state index in [1.807, 2.05) is 12.1 Å². The average Bonchev–Trinajstić information content (AvgIpc) is 2.18. The molecule has 2 rings (SSSR count). The van der Waals surface area contributed by atoms with Gasteiger partial charge in [-0.25, -0.2) is 0 Å². The van der Waals surface area contributed by atoms with Gasteiger partial charge in [0, 0.05) is 11.1 Å². The van der Waals surface area contributed by atoms with Crippen molar-refractivity contribution in [2.75, 3.05) is 0 Å². The van der Waals surface area contributed by atoms with Crippen molar-refractivity contribution >= 4 is 11.6 Å². The van der Waals surface area contributed by atoms with Gasteiger partial charge in [0.25, 0.3) is 0 Å². The van der Waals surface area contributed by atoms with Gasteiger partial charge in [0.2, 0.25) is 0 Å². The zero-order chi connectivity index (χ0) is 10.3. The van der Waals surface area contributed by atoms with E-state index in [0.717, 1.165) is 5.02 Å². The average molecular weight is 210 g/mol. The third-order valence-electron chi connectivity index (χ3n) is 3.58. The first-order valence-corrected chi connectivity index (χ1v) is 5.50. The Morgan fingerprint density at radius 1 is 1.21 bits per heavy atom. The molecule has 14 heavy (non-hydrogen) atoms. The summed E-state index contributed by atoms with van der Waals surface area (Å²) in [5.41, 5.74) is 7.33. The molecule has 2 heteroatoms. The second-order valence-electron chi connectivity index (χ2n) is 4.38. The number of rotatable bonds is 1. The molecule has 2 N–H and O–H groups in total. The Hall–Kier alpha value is -0.530. The van der Waals surface area contributed by atoms with Crippen molar-refractivity contribution in [1.29, 1.82) is 0 Å². The Bertz CT molecular complexity index is 327. The SMILES string of the molecule is CC1C(N)C(C)C1c1cccc(Cl)c1. The Morgan fingerprint density at radius 3 is 2.43 bits per heavy atom. The second kappa shape index (κ2) is 3.56. The van der Waals surface area contributed by atoms with Crippen molar-refractivity contribution < 1.29 is 0 Å². The molecule has 1 aromatic rings. The van der Waals surface area contributed by atoms with Gasteiger partial charge >= 0.3 is 0 Å². The molecule has 0 aliphatic heterocycles. The number of nitrogens with two attached hydrogens (primary N) is 1. The molecular formula is C12H16ClN. The topological polar surface area (TPSA) is 26.0 Å². The maximum atomic E-state index is 6.00. The molecule has 0 saturated heterocycles. The van der Waals surface area contributed by atoms with Crippen LogP contribution in [0.3, 0.4) is 0 Å². The third-order valence-corrected chi connectivity index (χ3v) is 3.82. The molecule has 0 heterocycles. The normalized spacial score (nSPS) is 36.6. The van der Waals surface area contributed by atoms with E-state index < -0.39 is 0 Å². The molecule has 1 aliphatic rings. The summed E-state index contributed by atoms with van der Waals surface area (Å²) in [4.78, 5) is 0. The molecule has 0 spiro atoms. The van der Waals surface area contributed by atoms with E-state index in [1.165, 1.54) is 5.56 Å². The molecule has 0 bridgehead atoms. The molecule has 1 nitrogen and oxygen atoms in total. The number of benzene rings is 1. The predicted octanol–water partition coefficient (Wildman–Crippen LogP) is 3.04.